The molecule has 0 saturated carbocycles. The molecule has 0 radical (unpaired) electrons. The molecule has 0 spiro atoms. The van der Waals surface area contributed by atoms with Gasteiger partial charge in [0, 0.05) is 0 Å². The van der Waals surface area contributed by atoms with Crippen molar-refractivity contribution in [2.75, 3.05) is 19.9 Å². The fourth-order valence-electron chi connectivity index (χ4n) is 1.71. The van der Waals surface area contributed by atoms with Crippen molar-refractivity contribution in [3.05, 3.63) is 34.4 Å². The van der Waals surface area contributed by atoms with E-state index in [9.17, 15) is 15.0 Å². The van der Waals surface area contributed by atoms with Gasteiger partial charge in [0.25, 0.3) is 0 Å². The number of nitrogens with zero attached hydrogens (tertiary/aromatic N) is 1. The minimum absolute atomic E-state index is 0.0368. The zero-order chi connectivity index (χ0) is 13.8. The monoisotopic (exact) mass is 275 g/mol. The Labute approximate surface area is 106 Å². The van der Waals surface area contributed by atoms with Crippen LogP contribution < -0.4 is 5.30 Å². The molecule has 18 heavy (non-hydrogen) atoms. The standard InChI is InChI=1S/C11H18NO5P/c1-4-16-18(3,15,17-5-2)11-8-6-10(7-9-11)12(13)14/h6-9,15H,4-5H2,1-3H3. The third-order valence-electron chi connectivity index (χ3n) is 2.51. The van der Waals surface area contributed by atoms with Gasteiger partial charge in [0.1, 0.15) is 0 Å². The van der Waals surface area contributed by atoms with Gasteiger partial charge in [-0.2, -0.15) is 0 Å². The predicted octanol–water partition coefficient (Wildman–Crippen LogP) is 2.21. The molecule has 0 saturated heterocycles. The SMILES string of the molecule is CCOP(C)(O)(OCC)c1ccc([N+](=O)[O-])cc1. The van der Waals surface area contributed by atoms with E-state index < -0.39 is 12.2 Å². The van der Waals surface area contributed by atoms with Crippen LogP contribution in [0.5, 0.6) is 0 Å². The quantitative estimate of drug-likeness (QED) is 0.489. The molecule has 0 atom stereocenters. The van der Waals surface area contributed by atoms with Gasteiger partial charge in [-0.1, -0.05) is 0 Å². The summed E-state index contributed by atoms with van der Waals surface area (Å²) in [6.45, 7) is 5.61. The van der Waals surface area contributed by atoms with Crippen LogP contribution in [0.1, 0.15) is 13.8 Å². The molecule has 6 nitrogen and oxygen atoms in total. The van der Waals surface area contributed by atoms with E-state index in [1.165, 1.54) is 30.9 Å². The van der Waals surface area contributed by atoms with Crippen LogP contribution in [0.3, 0.4) is 0 Å². The predicted molar refractivity (Wildman–Crippen MR) is 71.0 cm³/mol. The molecule has 0 aliphatic carbocycles. The van der Waals surface area contributed by atoms with Gasteiger partial charge < -0.3 is 0 Å². The van der Waals surface area contributed by atoms with Gasteiger partial charge >= 0.3 is 105 Å². The first-order chi connectivity index (χ1) is 8.32. The number of hydrogen-bond donors (Lipinski definition) is 1. The summed E-state index contributed by atoms with van der Waals surface area (Å²) in [6, 6.07) is 5.60. The van der Waals surface area contributed by atoms with Gasteiger partial charge in [-0.25, -0.2) is 0 Å². The first kappa shape index (κ1) is 15.0. The zero-order valence-corrected chi connectivity index (χ0v) is 11.6. The van der Waals surface area contributed by atoms with Crippen molar-refractivity contribution in [2.45, 2.75) is 13.8 Å². The van der Waals surface area contributed by atoms with Gasteiger partial charge in [-0.05, 0) is 0 Å². The zero-order valence-electron chi connectivity index (χ0n) is 10.7. The van der Waals surface area contributed by atoms with Crippen LogP contribution in [0.4, 0.5) is 5.69 Å². The second-order valence-electron chi connectivity index (χ2n) is 3.92. The average molecular weight is 275 g/mol. The molecule has 7 heteroatoms. The second kappa shape index (κ2) is 5.28. The maximum atomic E-state index is 10.7. The van der Waals surface area contributed by atoms with Gasteiger partial charge in [0.05, 0.1) is 0 Å². The molecule has 0 fully saturated rings. The molecule has 0 bridgehead atoms. The maximum absolute atomic E-state index is 10.7. The Bertz CT molecular complexity index is 422. The fourth-order valence-corrected chi connectivity index (χ4v) is 4.12. The number of hydrogen-bond acceptors (Lipinski definition) is 5. The molecule has 0 aliphatic rings. The van der Waals surface area contributed by atoms with E-state index in [0.29, 0.717) is 18.5 Å². The van der Waals surface area contributed by atoms with Gasteiger partial charge in [-0.3, -0.25) is 0 Å². The molecular formula is C11H18NO5P. The Hall–Kier alpha value is -1.07. The number of nitro benzene ring substituents is 1. The number of rotatable bonds is 6. The van der Waals surface area contributed by atoms with Crippen molar-refractivity contribution in [3.8, 4) is 0 Å². The van der Waals surface area contributed by atoms with Crippen molar-refractivity contribution in [2.24, 2.45) is 0 Å². The van der Waals surface area contributed by atoms with Gasteiger partial charge in [-0.15, -0.1) is 0 Å². The van der Waals surface area contributed by atoms with Crippen molar-refractivity contribution < 1.29 is 18.9 Å². The van der Waals surface area contributed by atoms with E-state index >= 15 is 0 Å². The normalized spacial score (nSPS) is 13.9. The van der Waals surface area contributed by atoms with E-state index in [1.54, 1.807) is 13.8 Å². The Kier molecular flexibility index (Phi) is 4.40. The summed E-state index contributed by atoms with van der Waals surface area (Å²) < 4.78 is 10.9. The van der Waals surface area contributed by atoms with Crippen molar-refractivity contribution in [1.82, 2.24) is 0 Å². The molecule has 0 amide bonds. The topological polar surface area (TPSA) is 81.8 Å². The van der Waals surface area contributed by atoms with Crippen LogP contribution in [-0.4, -0.2) is 29.7 Å². The number of non-ortho nitro benzene ring substituents is 1. The van der Waals surface area contributed by atoms with Crippen molar-refractivity contribution >= 4 is 18.3 Å². The molecule has 0 unspecified atom stereocenters. The number of nitro groups is 1. The van der Waals surface area contributed by atoms with Crippen molar-refractivity contribution in [1.29, 1.82) is 0 Å². The van der Waals surface area contributed by atoms with E-state index in [-0.39, 0.29) is 5.69 Å². The third-order valence-corrected chi connectivity index (χ3v) is 5.71. The molecule has 1 N–H and O–H groups in total. The fraction of sp³-hybridized carbons (Fsp3) is 0.455. The first-order valence-electron chi connectivity index (χ1n) is 5.64. The van der Waals surface area contributed by atoms with Crippen LogP contribution in [0.25, 0.3) is 0 Å². The molecule has 1 aromatic carbocycles. The average Bonchev–Trinajstić information content (AvgIpc) is 2.29. The Morgan fingerprint density at radius 3 is 2.00 bits per heavy atom. The molecule has 0 heterocycles. The third kappa shape index (κ3) is 3.03. The molecule has 0 aliphatic heterocycles. The van der Waals surface area contributed by atoms with Gasteiger partial charge in [0.2, 0.25) is 0 Å². The summed E-state index contributed by atoms with van der Waals surface area (Å²) in [5.41, 5.74) is -0.0368. The summed E-state index contributed by atoms with van der Waals surface area (Å²) in [6.07, 6.45) is 0. The molecule has 102 valence electrons. The summed E-state index contributed by atoms with van der Waals surface area (Å²) in [5, 5.41) is 11.0. The van der Waals surface area contributed by atoms with Crippen LogP contribution in [-0.2, 0) is 9.05 Å². The van der Waals surface area contributed by atoms with E-state index in [1.807, 2.05) is 0 Å². The first-order valence-corrected chi connectivity index (χ1v) is 8.11. The molecular weight excluding hydrogens is 257 g/mol. The second-order valence-corrected chi connectivity index (χ2v) is 7.57. The van der Waals surface area contributed by atoms with Crippen LogP contribution in [0.2, 0.25) is 0 Å². The Morgan fingerprint density at radius 1 is 1.22 bits per heavy atom. The minimum atomic E-state index is -3.88. The van der Waals surface area contributed by atoms with E-state index in [0.717, 1.165) is 0 Å². The number of benzene rings is 1. The summed E-state index contributed by atoms with van der Waals surface area (Å²) in [7, 11) is -3.88. The van der Waals surface area contributed by atoms with Crippen LogP contribution >= 0.6 is 7.28 Å². The van der Waals surface area contributed by atoms with Gasteiger partial charge in [0.15, 0.2) is 0 Å². The van der Waals surface area contributed by atoms with Crippen LogP contribution in [0, 0.1) is 10.1 Å². The van der Waals surface area contributed by atoms with Crippen molar-refractivity contribution in [3.63, 3.8) is 0 Å². The summed E-state index contributed by atoms with van der Waals surface area (Å²) >= 11 is 0. The molecule has 1 aromatic rings. The Balaban J connectivity index is 3.18. The molecule has 0 aromatic heterocycles. The molecule has 1 rings (SSSR count). The van der Waals surface area contributed by atoms with E-state index in [2.05, 4.69) is 0 Å². The summed E-state index contributed by atoms with van der Waals surface area (Å²) in [4.78, 5) is 20.8. The van der Waals surface area contributed by atoms with E-state index in [4.69, 9.17) is 9.05 Å². The Morgan fingerprint density at radius 2 is 1.67 bits per heavy atom. The van der Waals surface area contributed by atoms with Crippen LogP contribution in [0.15, 0.2) is 24.3 Å². The summed E-state index contributed by atoms with van der Waals surface area (Å²) in [5.74, 6) is 0.